The van der Waals surface area contributed by atoms with Crippen molar-refractivity contribution in [2.75, 3.05) is 0 Å². The van der Waals surface area contributed by atoms with Crippen LogP contribution in [0.25, 0.3) is 0 Å². The van der Waals surface area contributed by atoms with Crippen molar-refractivity contribution in [3.63, 3.8) is 0 Å². The maximum atomic E-state index is 13.4. The largest absolute Gasteiger partial charge is 0.254 e. The van der Waals surface area contributed by atoms with Crippen LogP contribution >= 0.6 is 0 Å². The topological polar surface area (TPSA) is 40.9 Å². The summed E-state index contributed by atoms with van der Waals surface area (Å²) in [5, 5.41) is 8.71. The smallest absolute Gasteiger partial charge is 0.140 e. The van der Waals surface area contributed by atoms with Gasteiger partial charge in [-0.1, -0.05) is 18.2 Å². The SMILES string of the molecule is N#Cc1cc(CS(=O)c2ccccc2F)ccc1F. The number of hydrogen-bond donors (Lipinski definition) is 0. The van der Waals surface area contributed by atoms with Gasteiger partial charge in [0.1, 0.15) is 17.7 Å². The fourth-order valence-electron chi connectivity index (χ4n) is 1.61. The fraction of sp³-hybridized carbons (Fsp3) is 0.0714. The molecule has 0 aromatic heterocycles. The monoisotopic (exact) mass is 277 g/mol. The van der Waals surface area contributed by atoms with Gasteiger partial charge in [-0.05, 0) is 29.8 Å². The first-order valence-electron chi connectivity index (χ1n) is 5.43. The average Bonchev–Trinajstić information content (AvgIpc) is 2.41. The highest BCUT2D eigenvalue weighted by molar-refractivity contribution is 7.84. The minimum Gasteiger partial charge on any atom is -0.254 e. The number of halogens is 2. The molecular weight excluding hydrogens is 268 g/mol. The molecule has 0 aliphatic carbocycles. The van der Waals surface area contributed by atoms with Gasteiger partial charge in [-0.25, -0.2) is 8.78 Å². The molecule has 0 fully saturated rings. The summed E-state index contributed by atoms with van der Waals surface area (Å²) in [6.45, 7) is 0. The van der Waals surface area contributed by atoms with Gasteiger partial charge in [0.05, 0.1) is 27.0 Å². The number of benzene rings is 2. The van der Waals surface area contributed by atoms with Gasteiger partial charge in [0, 0.05) is 0 Å². The van der Waals surface area contributed by atoms with Crippen LogP contribution in [0.2, 0.25) is 0 Å². The molecule has 0 bridgehead atoms. The lowest BCUT2D eigenvalue weighted by atomic mass is 10.1. The third-order valence-electron chi connectivity index (χ3n) is 2.53. The first kappa shape index (κ1) is 13.4. The molecule has 19 heavy (non-hydrogen) atoms. The normalized spacial score (nSPS) is 11.8. The molecule has 0 aliphatic heterocycles. The number of nitriles is 1. The molecular formula is C14H9F2NOS. The molecule has 96 valence electrons. The molecule has 2 rings (SSSR count). The van der Waals surface area contributed by atoms with Crippen LogP contribution in [0.3, 0.4) is 0 Å². The van der Waals surface area contributed by atoms with Crippen molar-refractivity contribution >= 4 is 10.8 Å². The van der Waals surface area contributed by atoms with Gasteiger partial charge in [-0.15, -0.1) is 0 Å². The van der Waals surface area contributed by atoms with E-state index in [0.29, 0.717) is 5.56 Å². The van der Waals surface area contributed by atoms with Gasteiger partial charge >= 0.3 is 0 Å². The van der Waals surface area contributed by atoms with Gasteiger partial charge in [-0.2, -0.15) is 5.26 Å². The molecule has 0 saturated carbocycles. The lowest BCUT2D eigenvalue weighted by molar-refractivity contribution is 0.595. The highest BCUT2D eigenvalue weighted by Crippen LogP contribution is 2.17. The zero-order valence-electron chi connectivity index (χ0n) is 9.77. The molecule has 2 aromatic rings. The van der Waals surface area contributed by atoms with Gasteiger partial charge in [0.15, 0.2) is 0 Å². The van der Waals surface area contributed by atoms with E-state index in [1.54, 1.807) is 12.1 Å². The molecule has 2 nitrogen and oxygen atoms in total. The third-order valence-corrected chi connectivity index (χ3v) is 3.95. The van der Waals surface area contributed by atoms with Crippen molar-refractivity contribution in [3.05, 3.63) is 65.2 Å². The molecule has 0 radical (unpaired) electrons. The van der Waals surface area contributed by atoms with E-state index < -0.39 is 22.4 Å². The summed E-state index contributed by atoms with van der Waals surface area (Å²) >= 11 is 0. The van der Waals surface area contributed by atoms with Gasteiger partial charge in [-0.3, -0.25) is 4.21 Å². The number of nitrogens with zero attached hydrogens (tertiary/aromatic N) is 1. The molecule has 0 heterocycles. The van der Waals surface area contributed by atoms with E-state index in [2.05, 4.69) is 0 Å². The Balaban J connectivity index is 2.25. The maximum Gasteiger partial charge on any atom is 0.140 e. The first-order chi connectivity index (χ1) is 9.11. The van der Waals surface area contributed by atoms with E-state index in [-0.39, 0.29) is 16.2 Å². The van der Waals surface area contributed by atoms with Crippen molar-refractivity contribution in [2.45, 2.75) is 10.6 Å². The van der Waals surface area contributed by atoms with Crippen LogP contribution in [0.15, 0.2) is 47.4 Å². The molecule has 2 aromatic carbocycles. The van der Waals surface area contributed by atoms with Crippen LogP contribution in [0.5, 0.6) is 0 Å². The van der Waals surface area contributed by atoms with Crippen molar-refractivity contribution < 1.29 is 13.0 Å². The van der Waals surface area contributed by atoms with E-state index >= 15 is 0 Å². The summed E-state index contributed by atoms with van der Waals surface area (Å²) in [6.07, 6.45) is 0. The second-order valence-electron chi connectivity index (χ2n) is 3.85. The average molecular weight is 277 g/mol. The first-order valence-corrected chi connectivity index (χ1v) is 6.75. The second-order valence-corrected chi connectivity index (χ2v) is 5.27. The maximum absolute atomic E-state index is 13.4. The van der Waals surface area contributed by atoms with Gasteiger partial charge in [0.2, 0.25) is 0 Å². The van der Waals surface area contributed by atoms with E-state index in [1.807, 2.05) is 0 Å². The Hall–Kier alpha value is -2.06. The molecule has 5 heteroatoms. The van der Waals surface area contributed by atoms with Crippen molar-refractivity contribution in [3.8, 4) is 6.07 Å². The van der Waals surface area contributed by atoms with Crippen LogP contribution < -0.4 is 0 Å². The highest BCUT2D eigenvalue weighted by Gasteiger charge is 2.11. The van der Waals surface area contributed by atoms with Crippen LogP contribution in [0, 0.1) is 23.0 Å². The molecule has 0 N–H and O–H groups in total. The molecule has 0 saturated heterocycles. The van der Waals surface area contributed by atoms with Crippen molar-refractivity contribution in [1.29, 1.82) is 5.26 Å². The van der Waals surface area contributed by atoms with Crippen LogP contribution in [0.1, 0.15) is 11.1 Å². The van der Waals surface area contributed by atoms with E-state index in [4.69, 9.17) is 5.26 Å². The Bertz CT molecular complexity index is 679. The predicted molar refractivity (Wildman–Crippen MR) is 67.6 cm³/mol. The highest BCUT2D eigenvalue weighted by atomic mass is 32.2. The summed E-state index contributed by atoms with van der Waals surface area (Å²) in [5.41, 5.74) is 0.419. The molecule has 0 amide bonds. The fourth-order valence-corrected chi connectivity index (χ4v) is 2.76. The lowest BCUT2D eigenvalue weighted by Crippen LogP contribution is -2.00. The molecule has 0 spiro atoms. The van der Waals surface area contributed by atoms with E-state index in [9.17, 15) is 13.0 Å². The van der Waals surface area contributed by atoms with Crippen molar-refractivity contribution in [2.24, 2.45) is 0 Å². The summed E-state index contributed by atoms with van der Waals surface area (Å²) < 4.78 is 38.6. The van der Waals surface area contributed by atoms with E-state index in [0.717, 1.165) is 6.07 Å². The Morgan fingerprint density at radius 2 is 1.84 bits per heavy atom. The zero-order chi connectivity index (χ0) is 13.8. The third kappa shape index (κ3) is 3.04. The summed E-state index contributed by atoms with van der Waals surface area (Å²) in [4.78, 5) is 0.102. The Kier molecular flexibility index (Phi) is 4.03. The Morgan fingerprint density at radius 3 is 2.53 bits per heavy atom. The summed E-state index contributed by atoms with van der Waals surface area (Å²) in [5.74, 6) is -1.12. The summed E-state index contributed by atoms with van der Waals surface area (Å²) in [6, 6.07) is 11.4. The standard InChI is InChI=1S/C14H9F2NOS/c15-12-6-5-10(7-11(12)8-17)9-19(18)14-4-2-1-3-13(14)16/h1-7H,9H2. The molecule has 1 unspecified atom stereocenters. The predicted octanol–water partition coefficient (Wildman–Crippen LogP) is 3.14. The van der Waals surface area contributed by atoms with Gasteiger partial charge in [0.25, 0.3) is 0 Å². The number of rotatable bonds is 3. The molecule has 0 aliphatic rings. The van der Waals surface area contributed by atoms with Crippen LogP contribution in [0.4, 0.5) is 8.78 Å². The molecule has 1 atom stereocenters. The minimum absolute atomic E-state index is 0.0376. The zero-order valence-corrected chi connectivity index (χ0v) is 10.6. The quantitative estimate of drug-likeness (QED) is 0.864. The number of hydrogen-bond acceptors (Lipinski definition) is 2. The lowest BCUT2D eigenvalue weighted by Gasteiger charge is -2.04. The Labute approximate surface area is 111 Å². The van der Waals surface area contributed by atoms with E-state index in [1.165, 1.54) is 30.3 Å². The van der Waals surface area contributed by atoms with Gasteiger partial charge < -0.3 is 0 Å². The summed E-state index contributed by atoms with van der Waals surface area (Å²) in [7, 11) is -1.57. The van der Waals surface area contributed by atoms with Crippen molar-refractivity contribution in [1.82, 2.24) is 0 Å². The minimum atomic E-state index is -1.57. The van der Waals surface area contributed by atoms with Crippen LogP contribution in [-0.2, 0) is 16.6 Å². The second kappa shape index (κ2) is 5.72. The Morgan fingerprint density at radius 1 is 1.11 bits per heavy atom. The van der Waals surface area contributed by atoms with Crippen LogP contribution in [-0.4, -0.2) is 4.21 Å².